The smallest absolute Gasteiger partial charge is 0.243 e. The lowest BCUT2D eigenvalue weighted by atomic mass is 9.94. The van der Waals surface area contributed by atoms with Gasteiger partial charge in [-0.3, -0.25) is 0 Å². The first kappa shape index (κ1) is 18.9. The van der Waals surface area contributed by atoms with E-state index in [1.807, 2.05) is 6.07 Å². The van der Waals surface area contributed by atoms with E-state index in [0.717, 1.165) is 12.8 Å². The highest BCUT2D eigenvalue weighted by Gasteiger charge is 2.35. The zero-order chi connectivity index (χ0) is 15.6. The van der Waals surface area contributed by atoms with Crippen LogP contribution in [-0.2, 0) is 10.0 Å². The number of aryl methyl sites for hydroxylation is 1. The van der Waals surface area contributed by atoms with Crippen LogP contribution in [0.5, 0.6) is 0 Å². The number of rotatable bonds is 3. The molecule has 1 fully saturated rings. The van der Waals surface area contributed by atoms with E-state index >= 15 is 0 Å². The topological polar surface area (TPSA) is 87.2 Å². The van der Waals surface area contributed by atoms with Crippen LogP contribution in [0.2, 0.25) is 0 Å². The maximum Gasteiger partial charge on any atom is 0.243 e. The molecule has 2 rings (SSSR count). The molecule has 2 atom stereocenters. The Hall–Kier alpha value is -1.13. The number of nitrogens with two attached hydrogens (primary N) is 1. The number of hydrogen-bond donors (Lipinski definition) is 1. The average Bonchev–Trinajstić information content (AvgIpc) is 2.46. The number of nitriles is 1. The molecule has 22 heavy (non-hydrogen) atoms. The molecule has 2 N–H and O–H groups in total. The lowest BCUT2D eigenvalue weighted by molar-refractivity contribution is 0.211. The molecule has 0 aliphatic carbocycles. The van der Waals surface area contributed by atoms with Gasteiger partial charge in [-0.2, -0.15) is 9.57 Å². The van der Waals surface area contributed by atoms with Crippen molar-refractivity contribution < 1.29 is 8.42 Å². The predicted molar refractivity (Wildman–Crippen MR) is 88.3 cm³/mol. The van der Waals surface area contributed by atoms with E-state index in [1.165, 1.54) is 10.4 Å². The summed E-state index contributed by atoms with van der Waals surface area (Å²) in [5.74, 6) is 0.493. The van der Waals surface area contributed by atoms with Crippen molar-refractivity contribution in [3.8, 4) is 6.07 Å². The molecule has 0 amide bonds. The minimum Gasteiger partial charge on any atom is -0.329 e. The molecule has 0 radical (unpaired) electrons. The number of halogens is 1. The number of nitrogens with zero attached hydrogens (tertiary/aromatic N) is 2. The fourth-order valence-electron chi connectivity index (χ4n) is 2.90. The second-order valence-corrected chi connectivity index (χ2v) is 7.59. The first-order chi connectivity index (χ1) is 9.90. The van der Waals surface area contributed by atoms with Gasteiger partial charge in [-0.25, -0.2) is 8.42 Å². The lowest BCUT2D eigenvalue weighted by Crippen LogP contribution is -2.49. The Morgan fingerprint density at radius 2 is 2.14 bits per heavy atom. The van der Waals surface area contributed by atoms with Crippen molar-refractivity contribution in [1.82, 2.24) is 4.31 Å². The van der Waals surface area contributed by atoms with Crippen molar-refractivity contribution in [2.24, 2.45) is 11.7 Å². The molecule has 1 aliphatic heterocycles. The third-order valence-corrected chi connectivity index (χ3v) is 6.20. The largest absolute Gasteiger partial charge is 0.329 e. The summed E-state index contributed by atoms with van der Waals surface area (Å²) in [6.07, 6.45) is 1.65. The Bertz CT molecular complexity index is 670. The van der Waals surface area contributed by atoms with Crippen LogP contribution in [0.25, 0.3) is 0 Å². The number of piperidine rings is 1. The third kappa shape index (κ3) is 3.61. The van der Waals surface area contributed by atoms with Crippen LogP contribution in [0.3, 0.4) is 0 Å². The second-order valence-electron chi connectivity index (χ2n) is 5.73. The summed E-state index contributed by atoms with van der Waals surface area (Å²) in [4.78, 5) is 0.273. The normalized spacial score (nSPS) is 22.6. The van der Waals surface area contributed by atoms with Gasteiger partial charge in [0, 0.05) is 19.1 Å². The maximum atomic E-state index is 12.9. The van der Waals surface area contributed by atoms with Gasteiger partial charge in [-0.15, -0.1) is 12.4 Å². The highest BCUT2D eigenvalue weighted by molar-refractivity contribution is 7.89. The van der Waals surface area contributed by atoms with Crippen LogP contribution < -0.4 is 5.73 Å². The number of sulfonamides is 1. The van der Waals surface area contributed by atoms with Gasteiger partial charge in [0.05, 0.1) is 16.5 Å². The Morgan fingerprint density at radius 3 is 2.68 bits per heavy atom. The monoisotopic (exact) mass is 343 g/mol. The molecular formula is C15H22ClN3O2S. The van der Waals surface area contributed by atoms with Gasteiger partial charge in [0.25, 0.3) is 0 Å². The number of benzene rings is 1. The zero-order valence-electron chi connectivity index (χ0n) is 12.8. The number of hydrogen-bond acceptors (Lipinski definition) is 4. The molecular weight excluding hydrogens is 322 g/mol. The maximum absolute atomic E-state index is 12.9. The third-order valence-electron chi connectivity index (χ3n) is 4.09. The first-order valence-electron chi connectivity index (χ1n) is 7.12. The van der Waals surface area contributed by atoms with Crippen molar-refractivity contribution in [3.05, 3.63) is 29.3 Å². The second kappa shape index (κ2) is 7.42. The summed E-state index contributed by atoms with van der Waals surface area (Å²) in [5, 5.41) is 8.89. The SMILES string of the molecule is Cc1cc(C#N)ccc1S(=O)(=O)N1CCC(C)CC1CN.Cl. The van der Waals surface area contributed by atoms with Crippen molar-refractivity contribution in [2.45, 2.75) is 37.6 Å². The van der Waals surface area contributed by atoms with E-state index in [2.05, 4.69) is 6.92 Å². The molecule has 1 aromatic rings. The van der Waals surface area contributed by atoms with Gasteiger partial charge in [0.1, 0.15) is 0 Å². The van der Waals surface area contributed by atoms with Crippen molar-refractivity contribution in [2.75, 3.05) is 13.1 Å². The van der Waals surface area contributed by atoms with E-state index in [-0.39, 0.29) is 23.3 Å². The summed E-state index contributed by atoms with van der Waals surface area (Å²) < 4.78 is 27.3. The van der Waals surface area contributed by atoms with E-state index in [0.29, 0.717) is 30.1 Å². The van der Waals surface area contributed by atoms with Crippen LogP contribution in [0, 0.1) is 24.2 Å². The summed E-state index contributed by atoms with van der Waals surface area (Å²) in [6, 6.07) is 6.55. The molecule has 1 saturated heterocycles. The molecule has 5 nitrogen and oxygen atoms in total. The van der Waals surface area contributed by atoms with E-state index in [9.17, 15) is 8.42 Å². The minimum absolute atomic E-state index is 0. The molecule has 0 aromatic heterocycles. The highest BCUT2D eigenvalue weighted by Crippen LogP contribution is 2.29. The minimum atomic E-state index is -3.56. The van der Waals surface area contributed by atoms with Crippen molar-refractivity contribution in [1.29, 1.82) is 5.26 Å². The predicted octanol–water partition coefficient (Wildman–Crippen LogP) is 2.04. The Labute approximate surface area is 138 Å². The quantitative estimate of drug-likeness (QED) is 0.909. The lowest BCUT2D eigenvalue weighted by Gasteiger charge is -2.37. The van der Waals surface area contributed by atoms with Crippen LogP contribution in [0.15, 0.2) is 23.1 Å². The molecule has 0 saturated carbocycles. The Kier molecular flexibility index (Phi) is 6.38. The first-order valence-corrected chi connectivity index (χ1v) is 8.56. The molecule has 2 unspecified atom stereocenters. The van der Waals surface area contributed by atoms with E-state index < -0.39 is 10.0 Å². The molecule has 0 spiro atoms. The van der Waals surface area contributed by atoms with Gasteiger partial charge in [0.15, 0.2) is 0 Å². The van der Waals surface area contributed by atoms with Gasteiger partial charge in [-0.05, 0) is 49.4 Å². The Morgan fingerprint density at radius 1 is 1.45 bits per heavy atom. The van der Waals surface area contributed by atoms with E-state index in [1.54, 1.807) is 19.1 Å². The summed E-state index contributed by atoms with van der Waals surface area (Å²) in [6.45, 7) is 4.68. The van der Waals surface area contributed by atoms with Gasteiger partial charge in [-0.1, -0.05) is 6.92 Å². The van der Waals surface area contributed by atoms with Gasteiger partial charge < -0.3 is 5.73 Å². The molecule has 1 aliphatic rings. The van der Waals surface area contributed by atoms with Gasteiger partial charge in [0.2, 0.25) is 10.0 Å². The van der Waals surface area contributed by atoms with Crippen molar-refractivity contribution >= 4 is 22.4 Å². The van der Waals surface area contributed by atoms with Crippen LogP contribution in [-0.4, -0.2) is 31.9 Å². The average molecular weight is 344 g/mol. The fourth-order valence-corrected chi connectivity index (χ4v) is 4.76. The fraction of sp³-hybridized carbons (Fsp3) is 0.533. The van der Waals surface area contributed by atoms with Crippen LogP contribution >= 0.6 is 12.4 Å². The molecule has 7 heteroatoms. The molecule has 122 valence electrons. The summed E-state index contributed by atoms with van der Waals surface area (Å²) >= 11 is 0. The van der Waals surface area contributed by atoms with Crippen LogP contribution in [0.4, 0.5) is 0 Å². The zero-order valence-corrected chi connectivity index (χ0v) is 14.5. The van der Waals surface area contributed by atoms with Crippen molar-refractivity contribution in [3.63, 3.8) is 0 Å². The van der Waals surface area contributed by atoms with E-state index in [4.69, 9.17) is 11.0 Å². The van der Waals surface area contributed by atoms with Crippen LogP contribution in [0.1, 0.15) is 30.9 Å². The standard InChI is InChI=1S/C15H21N3O2S.ClH/c1-11-5-6-18(14(7-11)10-17)21(19,20)15-4-3-13(9-16)8-12(15)2;/h3-4,8,11,14H,5-7,10,17H2,1-2H3;1H. The highest BCUT2D eigenvalue weighted by atomic mass is 35.5. The molecule has 0 bridgehead atoms. The molecule has 1 heterocycles. The van der Waals surface area contributed by atoms with Gasteiger partial charge >= 0.3 is 0 Å². The summed E-state index contributed by atoms with van der Waals surface area (Å²) in [7, 11) is -3.56. The Balaban J connectivity index is 0.00000242. The molecule has 1 aromatic carbocycles. The summed E-state index contributed by atoms with van der Waals surface area (Å²) in [5.41, 5.74) is 6.83.